The Balaban J connectivity index is 2.02. The summed E-state index contributed by atoms with van der Waals surface area (Å²) in [6.45, 7) is 0. The van der Waals surface area contributed by atoms with Crippen LogP contribution in [0.25, 0.3) is 33.2 Å². The van der Waals surface area contributed by atoms with Gasteiger partial charge in [-0.1, -0.05) is 24.3 Å². The SMILES string of the molecule is Nc1ccc2nc(-c3ccc(F)c4ccccc34)[nH]c2c1. The van der Waals surface area contributed by atoms with E-state index >= 15 is 0 Å². The molecule has 0 aliphatic rings. The Morgan fingerprint density at radius 2 is 1.76 bits per heavy atom. The predicted octanol–water partition coefficient (Wildman–Crippen LogP) is 4.10. The van der Waals surface area contributed by atoms with Crippen LogP contribution in [0.1, 0.15) is 0 Å². The smallest absolute Gasteiger partial charge is 0.139 e. The molecule has 0 fully saturated rings. The van der Waals surface area contributed by atoms with E-state index in [-0.39, 0.29) is 5.82 Å². The third-order valence-electron chi connectivity index (χ3n) is 3.63. The Morgan fingerprint density at radius 1 is 0.952 bits per heavy atom. The molecule has 0 unspecified atom stereocenters. The Bertz CT molecular complexity index is 972. The molecule has 4 aromatic rings. The molecular weight excluding hydrogens is 265 g/mol. The van der Waals surface area contributed by atoms with Crippen molar-refractivity contribution in [3.8, 4) is 11.4 Å². The van der Waals surface area contributed by atoms with Crippen LogP contribution in [-0.4, -0.2) is 9.97 Å². The summed E-state index contributed by atoms with van der Waals surface area (Å²) >= 11 is 0. The maximum atomic E-state index is 13.9. The fourth-order valence-corrected chi connectivity index (χ4v) is 2.62. The highest BCUT2D eigenvalue weighted by molar-refractivity contribution is 5.97. The van der Waals surface area contributed by atoms with Crippen molar-refractivity contribution in [1.29, 1.82) is 0 Å². The Hall–Kier alpha value is -2.88. The van der Waals surface area contributed by atoms with Crippen LogP contribution in [-0.2, 0) is 0 Å². The topological polar surface area (TPSA) is 54.7 Å². The van der Waals surface area contributed by atoms with Crippen molar-refractivity contribution < 1.29 is 4.39 Å². The van der Waals surface area contributed by atoms with Gasteiger partial charge in [0.05, 0.1) is 11.0 Å². The Morgan fingerprint density at radius 3 is 2.62 bits per heavy atom. The first-order valence-corrected chi connectivity index (χ1v) is 6.65. The molecule has 4 rings (SSSR count). The van der Waals surface area contributed by atoms with Crippen LogP contribution in [0.15, 0.2) is 54.6 Å². The van der Waals surface area contributed by atoms with Crippen LogP contribution >= 0.6 is 0 Å². The number of hydrogen-bond donors (Lipinski definition) is 2. The fraction of sp³-hybridized carbons (Fsp3) is 0. The first-order valence-electron chi connectivity index (χ1n) is 6.65. The molecule has 3 aromatic carbocycles. The molecule has 0 atom stereocenters. The van der Waals surface area contributed by atoms with Gasteiger partial charge in [-0.3, -0.25) is 0 Å². The van der Waals surface area contributed by atoms with Gasteiger partial charge >= 0.3 is 0 Å². The molecule has 102 valence electrons. The molecule has 0 bridgehead atoms. The lowest BCUT2D eigenvalue weighted by molar-refractivity contribution is 0.640. The van der Waals surface area contributed by atoms with E-state index in [1.165, 1.54) is 6.07 Å². The van der Waals surface area contributed by atoms with E-state index in [2.05, 4.69) is 9.97 Å². The van der Waals surface area contributed by atoms with E-state index in [0.29, 0.717) is 16.9 Å². The van der Waals surface area contributed by atoms with Crippen molar-refractivity contribution in [2.75, 3.05) is 5.73 Å². The van der Waals surface area contributed by atoms with E-state index in [4.69, 9.17) is 5.73 Å². The van der Waals surface area contributed by atoms with Gasteiger partial charge in [0.1, 0.15) is 11.6 Å². The summed E-state index contributed by atoms with van der Waals surface area (Å²) in [6.07, 6.45) is 0. The average molecular weight is 277 g/mol. The molecule has 3 nitrogen and oxygen atoms in total. The lowest BCUT2D eigenvalue weighted by Crippen LogP contribution is -1.86. The third-order valence-corrected chi connectivity index (χ3v) is 3.63. The Kier molecular flexibility index (Phi) is 2.44. The highest BCUT2D eigenvalue weighted by Crippen LogP contribution is 2.30. The summed E-state index contributed by atoms with van der Waals surface area (Å²) in [5, 5.41) is 1.43. The fourth-order valence-electron chi connectivity index (χ4n) is 2.62. The summed E-state index contributed by atoms with van der Waals surface area (Å²) in [5.74, 6) is 0.488. The number of anilines is 1. The number of rotatable bonds is 1. The first-order chi connectivity index (χ1) is 10.2. The molecule has 1 aromatic heterocycles. The number of aromatic nitrogens is 2. The second-order valence-corrected chi connectivity index (χ2v) is 5.00. The van der Waals surface area contributed by atoms with E-state index in [9.17, 15) is 4.39 Å². The van der Waals surface area contributed by atoms with Crippen molar-refractivity contribution >= 4 is 27.5 Å². The lowest BCUT2D eigenvalue weighted by Gasteiger charge is -2.04. The zero-order valence-corrected chi connectivity index (χ0v) is 11.1. The zero-order valence-electron chi connectivity index (χ0n) is 11.1. The summed E-state index contributed by atoms with van der Waals surface area (Å²) in [7, 11) is 0. The van der Waals surface area contributed by atoms with Crippen LogP contribution in [0.2, 0.25) is 0 Å². The largest absolute Gasteiger partial charge is 0.399 e. The molecule has 0 radical (unpaired) electrons. The molecule has 0 saturated carbocycles. The molecular formula is C17H12FN3. The Labute approximate surface area is 120 Å². The van der Waals surface area contributed by atoms with Gasteiger partial charge in [0.15, 0.2) is 0 Å². The molecule has 21 heavy (non-hydrogen) atoms. The van der Waals surface area contributed by atoms with Gasteiger partial charge in [0.25, 0.3) is 0 Å². The molecule has 1 heterocycles. The maximum Gasteiger partial charge on any atom is 0.139 e. The lowest BCUT2D eigenvalue weighted by atomic mass is 10.0. The van der Waals surface area contributed by atoms with Crippen LogP contribution in [0.3, 0.4) is 0 Å². The second kappa shape index (κ2) is 4.31. The number of benzene rings is 3. The van der Waals surface area contributed by atoms with Gasteiger partial charge in [0, 0.05) is 16.6 Å². The van der Waals surface area contributed by atoms with Gasteiger partial charge in [-0.25, -0.2) is 9.37 Å². The van der Waals surface area contributed by atoms with Crippen molar-refractivity contribution in [2.24, 2.45) is 0 Å². The monoisotopic (exact) mass is 277 g/mol. The second-order valence-electron chi connectivity index (χ2n) is 5.00. The number of halogens is 1. The van der Waals surface area contributed by atoms with Crippen LogP contribution < -0.4 is 5.73 Å². The number of nitrogen functional groups attached to an aromatic ring is 1. The molecule has 0 aliphatic carbocycles. The maximum absolute atomic E-state index is 13.9. The predicted molar refractivity (Wildman–Crippen MR) is 83.4 cm³/mol. The number of imidazole rings is 1. The molecule has 0 amide bonds. The van der Waals surface area contributed by atoms with Gasteiger partial charge in [0.2, 0.25) is 0 Å². The number of fused-ring (bicyclic) bond motifs is 2. The van der Waals surface area contributed by atoms with Crippen LogP contribution in [0.4, 0.5) is 10.1 Å². The molecule has 0 spiro atoms. The number of nitrogens with one attached hydrogen (secondary N) is 1. The average Bonchev–Trinajstić information content (AvgIpc) is 2.90. The summed E-state index contributed by atoms with van der Waals surface area (Å²) < 4.78 is 13.9. The number of H-pyrrole nitrogens is 1. The minimum absolute atomic E-state index is 0.227. The van der Waals surface area contributed by atoms with Gasteiger partial charge < -0.3 is 10.7 Å². The highest BCUT2D eigenvalue weighted by atomic mass is 19.1. The normalized spacial score (nSPS) is 11.3. The van der Waals surface area contributed by atoms with Crippen molar-refractivity contribution in [2.45, 2.75) is 0 Å². The minimum Gasteiger partial charge on any atom is -0.399 e. The summed E-state index contributed by atoms with van der Waals surface area (Å²) in [5.41, 5.74) is 9.06. The quantitative estimate of drug-likeness (QED) is 0.514. The van der Waals surface area contributed by atoms with E-state index in [1.807, 2.05) is 36.4 Å². The van der Waals surface area contributed by atoms with Crippen LogP contribution in [0.5, 0.6) is 0 Å². The third kappa shape index (κ3) is 1.84. The van der Waals surface area contributed by atoms with Crippen molar-refractivity contribution in [3.05, 3.63) is 60.4 Å². The molecule has 0 aliphatic heterocycles. The zero-order chi connectivity index (χ0) is 14.4. The summed E-state index contributed by atoms with van der Waals surface area (Å²) in [6, 6.07) is 16.1. The molecule has 4 heteroatoms. The number of nitrogens with two attached hydrogens (primary N) is 1. The van der Waals surface area contributed by atoms with E-state index in [1.54, 1.807) is 12.1 Å². The van der Waals surface area contributed by atoms with Crippen molar-refractivity contribution in [1.82, 2.24) is 9.97 Å². The number of nitrogens with zero attached hydrogens (tertiary/aromatic N) is 1. The number of aromatic amines is 1. The van der Waals surface area contributed by atoms with Gasteiger partial charge in [-0.15, -0.1) is 0 Å². The minimum atomic E-state index is -0.227. The van der Waals surface area contributed by atoms with Crippen LogP contribution in [0, 0.1) is 5.82 Å². The highest BCUT2D eigenvalue weighted by Gasteiger charge is 2.11. The molecule has 0 saturated heterocycles. The summed E-state index contributed by atoms with van der Waals surface area (Å²) in [4.78, 5) is 7.82. The van der Waals surface area contributed by atoms with Crippen molar-refractivity contribution in [3.63, 3.8) is 0 Å². The van der Waals surface area contributed by atoms with Gasteiger partial charge in [-0.2, -0.15) is 0 Å². The first kappa shape index (κ1) is 11.9. The number of hydrogen-bond acceptors (Lipinski definition) is 2. The standard InChI is InChI=1S/C17H12FN3/c18-14-7-6-13(11-3-1-2-4-12(11)14)17-20-15-8-5-10(19)9-16(15)21-17/h1-9H,19H2,(H,20,21). The van der Waals surface area contributed by atoms with Gasteiger partial charge in [-0.05, 0) is 35.7 Å². The molecule has 3 N–H and O–H groups in total. The van der Waals surface area contributed by atoms with E-state index < -0.39 is 0 Å². The van der Waals surface area contributed by atoms with E-state index in [0.717, 1.165) is 22.0 Å².